The Balaban J connectivity index is 1.50. The van der Waals surface area contributed by atoms with Crippen LogP contribution in [0.25, 0.3) is 11.4 Å². The molecule has 1 heterocycles. The normalized spacial score (nSPS) is 23.9. The SMILES string of the molecule is CC1CC2([N+](=O)[O-])c3ccccc3C1(C(=O)Nc1n[nH]c(-c3ccccc3F)n1)c1ccccc12. The molecule has 174 valence electrons. The lowest BCUT2D eigenvalue weighted by Crippen LogP contribution is -2.61. The number of nitrogens with zero attached hydrogens (tertiary/aromatic N) is 3. The van der Waals surface area contributed by atoms with E-state index >= 15 is 0 Å². The third-order valence-electron chi connectivity index (χ3n) is 7.45. The number of nitrogens with one attached hydrogen (secondary N) is 2. The second-order valence-corrected chi connectivity index (χ2v) is 9.06. The van der Waals surface area contributed by atoms with E-state index in [1.807, 2.05) is 6.92 Å². The number of aromatic amines is 1. The lowest BCUT2D eigenvalue weighted by Gasteiger charge is -2.53. The van der Waals surface area contributed by atoms with Gasteiger partial charge in [0.05, 0.1) is 5.56 Å². The fourth-order valence-corrected chi connectivity index (χ4v) is 6.04. The van der Waals surface area contributed by atoms with Crippen molar-refractivity contribution in [3.05, 3.63) is 111 Å². The zero-order valence-electron chi connectivity index (χ0n) is 18.7. The molecular formula is C26H20FN5O3. The highest BCUT2D eigenvalue weighted by Crippen LogP contribution is 2.62. The first kappa shape index (κ1) is 21.2. The minimum Gasteiger partial charge on any atom is -0.292 e. The van der Waals surface area contributed by atoms with Gasteiger partial charge in [-0.15, -0.1) is 5.10 Å². The number of halogens is 1. The molecule has 8 nitrogen and oxygen atoms in total. The third kappa shape index (κ3) is 2.63. The molecule has 35 heavy (non-hydrogen) atoms. The number of aromatic nitrogens is 3. The molecule has 1 aromatic heterocycles. The third-order valence-corrected chi connectivity index (χ3v) is 7.45. The fourth-order valence-electron chi connectivity index (χ4n) is 6.04. The van der Waals surface area contributed by atoms with Gasteiger partial charge in [0.25, 0.3) is 5.54 Å². The van der Waals surface area contributed by atoms with Crippen LogP contribution in [0.3, 0.4) is 0 Å². The lowest BCUT2D eigenvalue weighted by atomic mass is 9.48. The van der Waals surface area contributed by atoms with Crippen molar-refractivity contribution in [2.45, 2.75) is 24.3 Å². The predicted octanol–water partition coefficient (Wildman–Crippen LogP) is 4.41. The van der Waals surface area contributed by atoms with Crippen LogP contribution in [0.5, 0.6) is 0 Å². The lowest BCUT2D eigenvalue weighted by molar-refractivity contribution is -0.572. The van der Waals surface area contributed by atoms with Gasteiger partial charge in [-0.05, 0) is 29.2 Å². The first-order valence-corrected chi connectivity index (χ1v) is 11.2. The van der Waals surface area contributed by atoms with E-state index in [-0.39, 0.29) is 40.5 Å². The van der Waals surface area contributed by atoms with Crippen LogP contribution in [0.4, 0.5) is 10.3 Å². The summed E-state index contributed by atoms with van der Waals surface area (Å²) >= 11 is 0. The molecular weight excluding hydrogens is 449 g/mol. The molecule has 7 rings (SSSR count). The van der Waals surface area contributed by atoms with Gasteiger partial charge in [-0.3, -0.25) is 25.3 Å². The van der Waals surface area contributed by atoms with Gasteiger partial charge in [0.1, 0.15) is 11.2 Å². The van der Waals surface area contributed by atoms with Crippen molar-refractivity contribution in [1.29, 1.82) is 0 Å². The van der Waals surface area contributed by atoms with Crippen LogP contribution < -0.4 is 5.32 Å². The smallest absolute Gasteiger partial charge is 0.273 e. The van der Waals surface area contributed by atoms with Gasteiger partial charge in [-0.1, -0.05) is 67.6 Å². The summed E-state index contributed by atoms with van der Waals surface area (Å²) in [6.45, 7) is 1.87. The minimum absolute atomic E-state index is 0.00137. The molecule has 1 unspecified atom stereocenters. The summed E-state index contributed by atoms with van der Waals surface area (Å²) in [6.07, 6.45) is 0.177. The molecule has 3 aromatic carbocycles. The second-order valence-electron chi connectivity index (χ2n) is 9.06. The molecule has 2 bridgehead atoms. The highest BCUT2D eigenvalue weighted by molar-refractivity contribution is 6.03. The maximum absolute atomic E-state index is 14.2. The molecule has 4 aromatic rings. The van der Waals surface area contributed by atoms with Gasteiger partial charge in [0.15, 0.2) is 5.82 Å². The highest BCUT2D eigenvalue weighted by Gasteiger charge is 2.68. The summed E-state index contributed by atoms with van der Waals surface area (Å²) in [7, 11) is 0. The fraction of sp³-hybridized carbons (Fsp3) is 0.192. The van der Waals surface area contributed by atoms with E-state index in [1.165, 1.54) is 6.07 Å². The Morgan fingerprint density at radius 1 is 1.03 bits per heavy atom. The van der Waals surface area contributed by atoms with Gasteiger partial charge in [-0.2, -0.15) is 4.98 Å². The van der Waals surface area contributed by atoms with Crippen molar-refractivity contribution in [2.75, 3.05) is 5.32 Å². The van der Waals surface area contributed by atoms with Crippen LogP contribution >= 0.6 is 0 Å². The Morgan fingerprint density at radius 3 is 2.20 bits per heavy atom. The monoisotopic (exact) mass is 469 g/mol. The molecule has 1 amide bonds. The van der Waals surface area contributed by atoms with Gasteiger partial charge in [0, 0.05) is 22.5 Å². The van der Waals surface area contributed by atoms with Gasteiger partial charge >= 0.3 is 0 Å². The molecule has 3 aliphatic carbocycles. The molecule has 0 spiro atoms. The van der Waals surface area contributed by atoms with E-state index < -0.39 is 16.8 Å². The Morgan fingerprint density at radius 2 is 1.60 bits per heavy atom. The maximum atomic E-state index is 14.2. The summed E-state index contributed by atoms with van der Waals surface area (Å²) in [5.41, 5.74) is -0.0964. The molecule has 3 aliphatic rings. The van der Waals surface area contributed by atoms with Crippen molar-refractivity contribution < 1.29 is 14.1 Å². The number of H-pyrrole nitrogens is 1. The first-order chi connectivity index (χ1) is 16.9. The predicted molar refractivity (Wildman–Crippen MR) is 126 cm³/mol. The number of carbonyl (C=O) groups is 1. The zero-order valence-corrected chi connectivity index (χ0v) is 18.7. The average Bonchev–Trinajstić information content (AvgIpc) is 3.32. The van der Waals surface area contributed by atoms with Crippen LogP contribution in [-0.2, 0) is 15.7 Å². The van der Waals surface area contributed by atoms with Crippen molar-refractivity contribution in [2.24, 2.45) is 5.92 Å². The summed E-state index contributed by atoms with van der Waals surface area (Å²) in [5.74, 6) is -1.05. The van der Waals surface area contributed by atoms with Crippen molar-refractivity contribution >= 4 is 11.9 Å². The van der Waals surface area contributed by atoms with E-state index in [4.69, 9.17) is 0 Å². The summed E-state index contributed by atoms with van der Waals surface area (Å²) in [5, 5.41) is 22.1. The van der Waals surface area contributed by atoms with Gasteiger partial charge < -0.3 is 0 Å². The molecule has 0 fully saturated rings. The van der Waals surface area contributed by atoms with Crippen molar-refractivity contribution in [1.82, 2.24) is 15.2 Å². The van der Waals surface area contributed by atoms with Crippen LogP contribution in [0.2, 0.25) is 0 Å². The van der Waals surface area contributed by atoms with E-state index in [0.29, 0.717) is 22.3 Å². The van der Waals surface area contributed by atoms with Crippen molar-refractivity contribution in [3.63, 3.8) is 0 Å². The van der Waals surface area contributed by atoms with Crippen LogP contribution in [0, 0.1) is 21.8 Å². The standard InChI is InChI=1S/C26H20FN5O3/c1-15-14-25(32(34)35)17-9-3-5-11-19(17)26(15,20-12-6-4-10-18(20)25)23(33)29-24-28-22(30-31-24)16-8-2-7-13-21(16)27/h2-13,15H,14H2,1H3,(H2,28,29,30,31,33). The number of hydrogen-bond acceptors (Lipinski definition) is 5. The summed E-state index contributed by atoms with van der Waals surface area (Å²) in [6, 6.07) is 20.3. The number of amides is 1. The summed E-state index contributed by atoms with van der Waals surface area (Å²) < 4.78 is 14.2. The first-order valence-electron chi connectivity index (χ1n) is 11.2. The molecule has 9 heteroatoms. The summed E-state index contributed by atoms with van der Waals surface area (Å²) in [4.78, 5) is 30.8. The average molecular weight is 469 g/mol. The Labute approximate surface area is 199 Å². The zero-order chi connectivity index (χ0) is 24.4. The molecule has 1 atom stereocenters. The Kier molecular flexibility index (Phi) is 4.41. The van der Waals surface area contributed by atoms with Gasteiger partial charge in [0.2, 0.25) is 11.9 Å². The minimum atomic E-state index is -1.42. The molecule has 0 aliphatic heterocycles. The van der Waals surface area contributed by atoms with E-state index in [1.54, 1.807) is 66.7 Å². The number of benzene rings is 3. The molecule has 0 radical (unpaired) electrons. The largest absolute Gasteiger partial charge is 0.292 e. The quantitative estimate of drug-likeness (QED) is 0.340. The number of anilines is 1. The number of hydrogen-bond donors (Lipinski definition) is 2. The second kappa shape index (κ2) is 7.30. The van der Waals surface area contributed by atoms with Gasteiger partial charge in [-0.25, -0.2) is 4.39 Å². The Hall–Kier alpha value is -4.40. The molecule has 0 saturated carbocycles. The van der Waals surface area contributed by atoms with E-state index in [0.717, 1.165) is 0 Å². The topological polar surface area (TPSA) is 114 Å². The van der Waals surface area contributed by atoms with Crippen molar-refractivity contribution in [3.8, 4) is 11.4 Å². The number of nitro groups is 1. The maximum Gasteiger partial charge on any atom is 0.273 e. The highest BCUT2D eigenvalue weighted by atomic mass is 19.1. The number of carbonyl (C=O) groups excluding carboxylic acids is 1. The van der Waals surface area contributed by atoms with E-state index in [9.17, 15) is 19.3 Å². The van der Waals surface area contributed by atoms with Crippen LogP contribution in [-0.4, -0.2) is 26.0 Å². The van der Waals surface area contributed by atoms with Crippen LogP contribution in [0.15, 0.2) is 72.8 Å². The van der Waals surface area contributed by atoms with Crippen LogP contribution in [0.1, 0.15) is 35.6 Å². The number of fused-ring (bicyclic) bond motifs is 1. The number of rotatable bonds is 4. The Bertz CT molecular complexity index is 1470. The molecule has 2 N–H and O–H groups in total. The van der Waals surface area contributed by atoms with E-state index in [2.05, 4.69) is 20.5 Å². The molecule has 0 saturated heterocycles.